The molecule has 1 aromatic carbocycles. The third-order valence-corrected chi connectivity index (χ3v) is 3.61. The Hall–Kier alpha value is -0.620. The van der Waals surface area contributed by atoms with E-state index in [-0.39, 0.29) is 24.6 Å². The number of β-amino-alcohol motifs (C(OH)–C–C–N with tert-alkyl or cyclic N) is 1. The topological polar surface area (TPSA) is 50.7 Å². The van der Waals surface area contributed by atoms with Gasteiger partial charge >= 0.3 is 0 Å². The average molecular weight is 334 g/mol. The van der Waals surface area contributed by atoms with Crippen molar-refractivity contribution >= 4 is 24.4 Å². The smallest absolute Gasteiger partial charge is 0.182 e. The van der Waals surface area contributed by atoms with Crippen molar-refractivity contribution in [2.24, 2.45) is 0 Å². The van der Waals surface area contributed by atoms with Gasteiger partial charge in [0.2, 0.25) is 0 Å². The first-order valence-electron chi connectivity index (χ1n) is 6.93. The molecule has 0 radical (unpaired) electrons. The van der Waals surface area contributed by atoms with Crippen LogP contribution in [0.4, 0.5) is 0 Å². The Morgan fingerprint density at radius 1 is 1.43 bits per heavy atom. The highest BCUT2D eigenvalue weighted by Gasteiger charge is 2.18. The molecule has 0 saturated heterocycles. The number of hydrogen-bond acceptors (Lipinski definition) is 5. The fraction of sp³-hybridized carbons (Fsp3) is 0.600. The molecule has 1 heterocycles. The lowest BCUT2D eigenvalue weighted by Gasteiger charge is -2.23. The van der Waals surface area contributed by atoms with Gasteiger partial charge in [-0.25, -0.2) is 0 Å². The van der Waals surface area contributed by atoms with E-state index in [9.17, 15) is 5.11 Å². The summed E-state index contributed by atoms with van der Waals surface area (Å²) >= 11 is 1.44. The van der Waals surface area contributed by atoms with Gasteiger partial charge in [0.15, 0.2) is 11.5 Å². The normalized spacial score (nSPS) is 15.4. The van der Waals surface area contributed by atoms with Gasteiger partial charge in [0.05, 0.1) is 12.0 Å². The summed E-state index contributed by atoms with van der Waals surface area (Å²) in [7, 11) is 0. The van der Waals surface area contributed by atoms with Crippen LogP contribution >= 0.6 is 24.4 Å². The lowest BCUT2D eigenvalue weighted by Crippen LogP contribution is -2.42. The number of halogens is 1. The van der Waals surface area contributed by atoms with Crippen molar-refractivity contribution in [1.29, 1.82) is 0 Å². The van der Waals surface area contributed by atoms with E-state index in [0.29, 0.717) is 12.3 Å². The molecular formula is C15H24ClNO3S. The molecule has 0 spiro atoms. The molecule has 0 fully saturated rings. The van der Waals surface area contributed by atoms with E-state index in [2.05, 4.69) is 32.2 Å². The van der Waals surface area contributed by atoms with E-state index in [1.165, 1.54) is 17.6 Å². The first-order chi connectivity index (χ1) is 9.46. The second-order valence-corrected chi connectivity index (χ2v) is 6.81. The van der Waals surface area contributed by atoms with Gasteiger partial charge in [0, 0.05) is 23.4 Å². The Morgan fingerprint density at radius 2 is 2.19 bits per heavy atom. The number of fused-ring (bicyclic) bond motifs is 1. The maximum atomic E-state index is 9.94. The van der Waals surface area contributed by atoms with Crippen molar-refractivity contribution in [3.63, 3.8) is 0 Å². The zero-order valence-corrected chi connectivity index (χ0v) is 14.4. The van der Waals surface area contributed by atoms with Crippen molar-refractivity contribution in [2.45, 2.75) is 38.8 Å². The van der Waals surface area contributed by atoms with Gasteiger partial charge < -0.3 is 19.3 Å². The molecule has 2 rings (SSSR count). The van der Waals surface area contributed by atoms with E-state index in [1.54, 1.807) is 0 Å². The number of aliphatic hydroxyl groups excluding tert-OH is 1. The minimum Gasteiger partial charge on any atom is -0.487 e. The molecule has 1 aliphatic rings. The molecule has 120 valence electrons. The van der Waals surface area contributed by atoms with Crippen LogP contribution in [-0.4, -0.2) is 35.7 Å². The van der Waals surface area contributed by atoms with Gasteiger partial charge in [-0.2, -0.15) is 0 Å². The van der Waals surface area contributed by atoms with Crippen LogP contribution in [0.15, 0.2) is 18.2 Å². The number of hydrogen-bond donors (Lipinski definition) is 2. The molecule has 6 heteroatoms. The van der Waals surface area contributed by atoms with Crippen molar-refractivity contribution in [2.75, 3.05) is 18.9 Å². The van der Waals surface area contributed by atoms with E-state index < -0.39 is 6.10 Å². The molecule has 1 aromatic rings. The third-order valence-electron chi connectivity index (χ3n) is 2.96. The zero-order chi connectivity index (χ0) is 14.6. The highest BCUT2D eigenvalue weighted by molar-refractivity contribution is 7.95. The SMILES string of the molecule is CC(C)(C)NCC(O)COc1cccc2c1OSCC2.Cl. The van der Waals surface area contributed by atoms with Gasteiger partial charge in [0.25, 0.3) is 0 Å². The molecule has 1 aliphatic heterocycles. The van der Waals surface area contributed by atoms with Crippen molar-refractivity contribution in [3.8, 4) is 11.5 Å². The molecule has 21 heavy (non-hydrogen) atoms. The van der Waals surface area contributed by atoms with E-state index in [1.807, 2.05) is 12.1 Å². The van der Waals surface area contributed by atoms with Gasteiger partial charge in [-0.05, 0) is 33.3 Å². The molecule has 0 aliphatic carbocycles. The molecule has 0 saturated carbocycles. The van der Waals surface area contributed by atoms with Crippen molar-refractivity contribution < 1.29 is 14.0 Å². The highest BCUT2D eigenvalue weighted by Crippen LogP contribution is 2.37. The molecular weight excluding hydrogens is 310 g/mol. The van der Waals surface area contributed by atoms with Crippen LogP contribution in [-0.2, 0) is 6.42 Å². The summed E-state index contributed by atoms with van der Waals surface area (Å²) in [4.78, 5) is 0. The molecule has 0 bridgehead atoms. The standard InChI is InChI=1S/C15H23NO3S.ClH/c1-15(2,3)16-9-12(17)10-18-13-6-4-5-11-7-8-20-19-14(11)13;/h4-6,12,16-17H,7-10H2,1-3H3;1H. The Balaban J connectivity index is 0.00000220. The fourth-order valence-corrected chi connectivity index (χ4v) is 2.58. The van der Waals surface area contributed by atoms with Crippen LogP contribution in [0.1, 0.15) is 26.3 Å². The van der Waals surface area contributed by atoms with Gasteiger partial charge in [-0.15, -0.1) is 12.4 Å². The maximum absolute atomic E-state index is 9.94. The molecule has 0 amide bonds. The Bertz CT molecular complexity index is 451. The fourth-order valence-electron chi connectivity index (χ4n) is 1.89. The molecule has 4 nitrogen and oxygen atoms in total. The Morgan fingerprint density at radius 3 is 2.90 bits per heavy atom. The number of aliphatic hydroxyl groups is 1. The molecule has 2 N–H and O–H groups in total. The monoisotopic (exact) mass is 333 g/mol. The predicted octanol–water partition coefficient (Wildman–Crippen LogP) is 2.82. The van der Waals surface area contributed by atoms with E-state index in [0.717, 1.165) is 17.9 Å². The number of aryl methyl sites for hydroxylation is 1. The van der Waals surface area contributed by atoms with Gasteiger partial charge in [-0.3, -0.25) is 0 Å². The van der Waals surface area contributed by atoms with Crippen LogP contribution in [0.2, 0.25) is 0 Å². The zero-order valence-electron chi connectivity index (χ0n) is 12.7. The van der Waals surface area contributed by atoms with Crippen LogP contribution in [0, 0.1) is 0 Å². The van der Waals surface area contributed by atoms with Crippen LogP contribution in [0.5, 0.6) is 11.5 Å². The van der Waals surface area contributed by atoms with Crippen LogP contribution in [0.25, 0.3) is 0 Å². The lowest BCUT2D eigenvalue weighted by molar-refractivity contribution is 0.0991. The van der Waals surface area contributed by atoms with E-state index in [4.69, 9.17) is 8.92 Å². The summed E-state index contributed by atoms with van der Waals surface area (Å²) < 4.78 is 11.3. The maximum Gasteiger partial charge on any atom is 0.182 e. The number of para-hydroxylation sites is 1. The first-order valence-corrected chi connectivity index (χ1v) is 7.84. The molecule has 1 unspecified atom stereocenters. The van der Waals surface area contributed by atoms with Gasteiger partial charge in [-0.1, -0.05) is 12.1 Å². The van der Waals surface area contributed by atoms with Crippen molar-refractivity contribution in [1.82, 2.24) is 5.32 Å². The summed E-state index contributed by atoms with van der Waals surface area (Å²) in [6, 6.07) is 5.90. The summed E-state index contributed by atoms with van der Waals surface area (Å²) in [6.45, 7) is 6.97. The van der Waals surface area contributed by atoms with Crippen LogP contribution < -0.4 is 14.2 Å². The lowest BCUT2D eigenvalue weighted by atomic mass is 10.1. The Labute approximate surface area is 137 Å². The number of benzene rings is 1. The minimum atomic E-state index is -0.540. The second-order valence-electron chi connectivity index (χ2n) is 6.00. The Kier molecular flexibility index (Phi) is 7.13. The van der Waals surface area contributed by atoms with Crippen LogP contribution in [0.3, 0.4) is 0 Å². The number of nitrogens with one attached hydrogen (secondary N) is 1. The van der Waals surface area contributed by atoms with Gasteiger partial charge in [0.1, 0.15) is 12.7 Å². The highest BCUT2D eigenvalue weighted by atomic mass is 35.5. The largest absolute Gasteiger partial charge is 0.487 e. The van der Waals surface area contributed by atoms with Crippen molar-refractivity contribution in [3.05, 3.63) is 23.8 Å². The summed E-state index contributed by atoms with van der Waals surface area (Å²) in [5.74, 6) is 2.48. The summed E-state index contributed by atoms with van der Waals surface area (Å²) in [5, 5.41) is 13.2. The minimum absolute atomic E-state index is 0. The third kappa shape index (κ3) is 5.94. The predicted molar refractivity (Wildman–Crippen MR) is 89.7 cm³/mol. The first kappa shape index (κ1) is 18.4. The second kappa shape index (κ2) is 8.13. The molecule has 1 atom stereocenters. The quantitative estimate of drug-likeness (QED) is 0.811. The molecule has 0 aromatic heterocycles. The van der Waals surface area contributed by atoms with E-state index >= 15 is 0 Å². The summed E-state index contributed by atoms with van der Waals surface area (Å²) in [5.41, 5.74) is 1.16. The number of ether oxygens (including phenoxy) is 1. The summed E-state index contributed by atoms with van der Waals surface area (Å²) in [6.07, 6.45) is 0.451. The average Bonchev–Trinajstić information content (AvgIpc) is 2.42. The number of rotatable bonds is 5.